The lowest BCUT2D eigenvalue weighted by atomic mass is 9.75. The lowest BCUT2D eigenvalue weighted by Crippen LogP contribution is -2.34. The molecule has 21 heavy (non-hydrogen) atoms. The van der Waals surface area contributed by atoms with Crippen LogP contribution in [0.2, 0.25) is 0 Å². The standard InChI is InChI=1S/C17H27O3P/c1-12(2)15-10-9-13(3)11-16(15)20-21(18,19)17-8-6-5-7-14(17)4/h5-8,12-13,15-16H,9-11H2,1-4H3,(H,18,19). The number of aryl methyl sites for hydroxylation is 1. The number of hydrogen-bond donors (Lipinski definition) is 1. The van der Waals surface area contributed by atoms with Gasteiger partial charge in [0.1, 0.15) is 0 Å². The first-order valence-corrected chi connectivity index (χ1v) is 9.46. The Bertz CT molecular complexity index is 527. The Kier molecular flexibility index (Phi) is 5.29. The van der Waals surface area contributed by atoms with E-state index >= 15 is 0 Å². The molecule has 1 aliphatic rings. The van der Waals surface area contributed by atoms with E-state index in [1.54, 1.807) is 12.1 Å². The highest BCUT2D eigenvalue weighted by molar-refractivity contribution is 7.61. The summed E-state index contributed by atoms with van der Waals surface area (Å²) in [6.45, 7) is 8.40. The molecule has 4 heteroatoms. The average molecular weight is 310 g/mol. The van der Waals surface area contributed by atoms with E-state index in [0.717, 1.165) is 18.4 Å². The smallest absolute Gasteiger partial charge is 0.321 e. The summed E-state index contributed by atoms with van der Waals surface area (Å²) in [7, 11) is -3.75. The van der Waals surface area contributed by atoms with E-state index in [1.165, 1.54) is 6.42 Å². The Balaban J connectivity index is 2.21. The van der Waals surface area contributed by atoms with Gasteiger partial charge in [0.25, 0.3) is 0 Å². The van der Waals surface area contributed by atoms with Crippen LogP contribution in [0.1, 0.15) is 45.6 Å². The third-order valence-corrected chi connectivity index (χ3v) is 6.33. The molecule has 4 atom stereocenters. The van der Waals surface area contributed by atoms with E-state index in [9.17, 15) is 9.46 Å². The summed E-state index contributed by atoms with van der Waals surface area (Å²) < 4.78 is 18.5. The maximum atomic E-state index is 12.7. The van der Waals surface area contributed by atoms with Crippen LogP contribution in [0.25, 0.3) is 0 Å². The van der Waals surface area contributed by atoms with E-state index in [1.807, 2.05) is 19.1 Å². The SMILES string of the molecule is Cc1ccccc1P(=O)(O)OC1CC(C)CCC1C(C)C. The Morgan fingerprint density at radius 2 is 1.95 bits per heavy atom. The minimum absolute atomic E-state index is 0.121. The molecule has 1 aromatic rings. The van der Waals surface area contributed by atoms with Gasteiger partial charge in [-0.25, -0.2) is 0 Å². The minimum atomic E-state index is -3.75. The molecule has 0 radical (unpaired) electrons. The van der Waals surface area contributed by atoms with Gasteiger partial charge in [-0.3, -0.25) is 4.57 Å². The normalized spacial score (nSPS) is 29.3. The van der Waals surface area contributed by atoms with Crippen LogP contribution in [0.4, 0.5) is 0 Å². The summed E-state index contributed by atoms with van der Waals surface area (Å²) in [5.41, 5.74) is 0.813. The molecule has 3 nitrogen and oxygen atoms in total. The molecule has 0 aromatic heterocycles. The second kappa shape index (κ2) is 6.64. The summed E-state index contributed by atoms with van der Waals surface area (Å²) in [4.78, 5) is 10.4. The van der Waals surface area contributed by atoms with E-state index in [2.05, 4.69) is 20.8 Å². The van der Waals surface area contributed by atoms with Crippen molar-refractivity contribution in [1.82, 2.24) is 0 Å². The predicted molar refractivity (Wildman–Crippen MR) is 86.9 cm³/mol. The van der Waals surface area contributed by atoms with Gasteiger partial charge in [0.05, 0.1) is 11.4 Å². The van der Waals surface area contributed by atoms with Crippen molar-refractivity contribution in [3.05, 3.63) is 29.8 Å². The van der Waals surface area contributed by atoms with Gasteiger partial charge in [-0.15, -0.1) is 0 Å². The Morgan fingerprint density at radius 1 is 1.29 bits per heavy atom. The molecule has 1 N–H and O–H groups in total. The first-order chi connectivity index (χ1) is 9.81. The van der Waals surface area contributed by atoms with Gasteiger partial charge in [-0.05, 0) is 49.1 Å². The average Bonchev–Trinajstić information content (AvgIpc) is 2.38. The van der Waals surface area contributed by atoms with Gasteiger partial charge in [0.15, 0.2) is 0 Å². The van der Waals surface area contributed by atoms with Gasteiger partial charge < -0.3 is 9.42 Å². The first kappa shape index (κ1) is 16.7. The predicted octanol–water partition coefficient (Wildman–Crippen LogP) is 4.28. The summed E-state index contributed by atoms with van der Waals surface area (Å²) in [6.07, 6.45) is 3.02. The molecule has 2 rings (SSSR count). The third-order valence-electron chi connectivity index (χ3n) is 4.66. The van der Waals surface area contributed by atoms with Crippen molar-refractivity contribution >= 4 is 12.9 Å². The molecule has 118 valence electrons. The molecule has 4 unspecified atom stereocenters. The van der Waals surface area contributed by atoms with Crippen molar-refractivity contribution in [2.24, 2.45) is 17.8 Å². The van der Waals surface area contributed by atoms with Crippen LogP contribution < -0.4 is 5.30 Å². The topological polar surface area (TPSA) is 46.5 Å². The van der Waals surface area contributed by atoms with Gasteiger partial charge in [0, 0.05) is 0 Å². The van der Waals surface area contributed by atoms with Crippen LogP contribution in [-0.4, -0.2) is 11.0 Å². The fourth-order valence-corrected chi connectivity index (χ4v) is 4.87. The van der Waals surface area contributed by atoms with E-state index in [0.29, 0.717) is 23.1 Å². The summed E-state index contributed by atoms with van der Waals surface area (Å²) in [6, 6.07) is 7.22. The molecule has 0 heterocycles. The molecule has 1 fully saturated rings. The molecular formula is C17H27O3P. The maximum absolute atomic E-state index is 12.7. The number of hydrogen-bond acceptors (Lipinski definition) is 2. The lowest BCUT2D eigenvalue weighted by Gasteiger charge is -2.37. The van der Waals surface area contributed by atoms with Crippen molar-refractivity contribution in [3.63, 3.8) is 0 Å². The molecular weight excluding hydrogens is 283 g/mol. The fraction of sp³-hybridized carbons (Fsp3) is 0.647. The second-order valence-electron chi connectivity index (χ2n) is 6.78. The molecule has 0 saturated heterocycles. The highest BCUT2D eigenvalue weighted by atomic mass is 31.2. The van der Waals surface area contributed by atoms with E-state index < -0.39 is 7.60 Å². The fourth-order valence-electron chi connectivity index (χ4n) is 3.36. The minimum Gasteiger partial charge on any atom is -0.321 e. The Labute approximate surface area is 128 Å². The first-order valence-electron chi connectivity index (χ1n) is 7.88. The van der Waals surface area contributed by atoms with Gasteiger partial charge in [-0.1, -0.05) is 45.4 Å². The zero-order chi connectivity index (χ0) is 15.6. The molecule has 0 amide bonds. The van der Waals surface area contributed by atoms with Crippen molar-refractivity contribution in [2.45, 2.75) is 53.1 Å². The Hall–Kier alpha value is -0.630. The molecule has 0 aliphatic heterocycles. The highest BCUT2D eigenvalue weighted by Gasteiger charge is 2.37. The zero-order valence-corrected chi connectivity index (χ0v) is 14.3. The van der Waals surface area contributed by atoms with Crippen LogP contribution in [0.5, 0.6) is 0 Å². The lowest BCUT2D eigenvalue weighted by molar-refractivity contribution is 0.0402. The molecule has 1 aromatic carbocycles. The second-order valence-corrected chi connectivity index (χ2v) is 8.51. The molecule has 0 spiro atoms. The summed E-state index contributed by atoms with van der Waals surface area (Å²) >= 11 is 0. The zero-order valence-electron chi connectivity index (χ0n) is 13.5. The van der Waals surface area contributed by atoms with Crippen molar-refractivity contribution in [2.75, 3.05) is 0 Å². The van der Waals surface area contributed by atoms with Crippen LogP contribution in [0, 0.1) is 24.7 Å². The summed E-state index contributed by atoms with van der Waals surface area (Å²) in [5.74, 6) is 1.40. The monoisotopic (exact) mass is 310 g/mol. The quantitative estimate of drug-likeness (QED) is 0.844. The highest BCUT2D eigenvalue weighted by Crippen LogP contribution is 2.48. The maximum Gasteiger partial charge on any atom is 0.359 e. The van der Waals surface area contributed by atoms with Gasteiger partial charge >= 0.3 is 7.60 Å². The molecule has 1 aliphatic carbocycles. The van der Waals surface area contributed by atoms with Gasteiger partial charge in [0.2, 0.25) is 0 Å². The summed E-state index contributed by atoms with van der Waals surface area (Å²) in [5, 5.41) is 0.436. The number of benzene rings is 1. The van der Waals surface area contributed by atoms with Crippen LogP contribution in [0.15, 0.2) is 24.3 Å². The molecule has 0 bridgehead atoms. The Morgan fingerprint density at radius 3 is 2.57 bits per heavy atom. The third kappa shape index (κ3) is 3.97. The largest absolute Gasteiger partial charge is 0.359 e. The van der Waals surface area contributed by atoms with Crippen LogP contribution in [0.3, 0.4) is 0 Å². The van der Waals surface area contributed by atoms with Crippen molar-refractivity contribution in [3.8, 4) is 0 Å². The molecule has 1 saturated carbocycles. The van der Waals surface area contributed by atoms with Gasteiger partial charge in [-0.2, -0.15) is 0 Å². The van der Waals surface area contributed by atoms with E-state index in [4.69, 9.17) is 4.52 Å². The van der Waals surface area contributed by atoms with Crippen LogP contribution >= 0.6 is 7.60 Å². The van der Waals surface area contributed by atoms with Crippen molar-refractivity contribution < 1.29 is 14.0 Å². The van der Waals surface area contributed by atoms with E-state index in [-0.39, 0.29) is 6.10 Å². The number of rotatable bonds is 4. The van der Waals surface area contributed by atoms with Crippen LogP contribution in [-0.2, 0) is 9.09 Å². The van der Waals surface area contributed by atoms with Crippen molar-refractivity contribution in [1.29, 1.82) is 0 Å².